The topological polar surface area (TPSA) is 53.6 Å². The minimum atomic E-state index is -0.281. The van der Waals surface area contributed by atoms with Crippen molar-refractivity contribution in [3.63, 3.8) is 0 Å². The first-order valence-corrected chi connectivity index (χ1v) is 6.39. The summed E-state index contributed by atoms with van der Waals surface area (Å²) in [6.45, 7) is 1.18. The average molecular weight is 259 g/mol. The molecule has 5 nitrogen and oxygen atoms in total. The third-order valence-corrected chi connectivity index (χ3v) is 3.63. The summed E-state index contributed by atoms with van der Waals surface area (Å²) < 4.78 is 5.42. The number of hydrazine groups is 1. The first-order chi connectivity index (χ1) is 9.27. The lowest BCUT2D eigenvalue weighted by atomic mass is 9.97. The average Bonchev–Trinajstić information content (AvgIpc) is 2.90. The van der Waals surface area contributed by atoms with Crippen molar-refractivity contribution in [3.05, 3.63) is 42.1 Å². The molecule has 1 saturated heterocycles. The molecule has 2 unspecified atom stereocenters. The molecule has 2 aliphatic heterocycles. The van der Waals surface area contributed by atoms with Crippen molar-refractivity contribution in [1.82, 2.24) is 10.9 Å². The largest absolute Gasteiger partial charge is 0.377 e. The first kappa shape index (κ1) is 12.2. The van der Waals surface area contributed by atoms with Crippen molar-refractivity contribution < 1.29 is 9.53 Å². The van der Waals surface area contributed by atoms with Crippen LogP contribution < -0.4 is 15.8 Å². The van der Waals surface area contributed by atoms with Crippen LogP contribution >= 0.6 is 0 Å². The fourth-order valence-electron chi connectivity index (χ4n) is 2.49. The summed E-state index contributed by atoms with van der Waals surface area (Å²) in [6.07, 6.45) is 1.98. The van der Waals surface area contributed by atoms with E-state index in [-0.39, 0.29) is 17.9 Å². The SMILES string of the molecule is CN(C(=O)C1NNC2=CCOCC21)c1ccccc1. The van der Waals surface area contributed by atoms with Gasteiger partial charge in [0.2, 0.25) is 5.91 Å². The van der Waals surface area contributed by atoms with Crippen LogP contribution in [0, 0.1) is 5.92 Å². The highest BCUT2D eigenvalue weighted by Crippen LogP contribution is 2.24. The second kappa shape index (κ2) is 5.03. The van der Waals surface area contributed by atoms with Gasteiger partial charge in [-0.15, -0.1) is 0 Å². The molecule has 1 aromatic rings. The van der Waals surface area contributed by atoms with Crippen molar-refractivity contribution >= 4 is 11.6 Å². The molecule has 1 amide bonds. The smallest absolute Gasteiger partial charge is 0.246 e. The molecular weight excluding hydrogens is 242 g/mol. The number of carbonyl (C=O) groups excluding carboxylic acids is 1. The third kappa shape index (κ3) is 2.22. The summed E-state index contributed by atoms with van der Waals surface area (Å²) in [4.78, 5) is 14.2. The highest BCUT2D eigenvalue weighted by Gasteiger charge is 2.39. The Morgan fingerprint density at radius 3 is 2.95 bits per heavy atom. The van der Waals surface area contributed by atoms with Gasteiger partial charge < -0.3 is 15.1 Å². The number of anilines is 1. The number of hydrogen-bond acceptors (Lipinski definition) is 4. The van der Waals surface area contributed by atoms with Gasteiger partial charge in [0.1, 0.15) is 6.04 Å². The maximum absolute atomic E-state index is 12.5. The Kier molecular flexibility index (Phi) is 3.23. The van der Waals surface area contributed by atoms with E-state index in [9.17, 15) is 4.79 Å². The Labute approximate surface area is 112 Å². The third-order valence-electron chi connectivity index (χ3n) is 3.63. The van der Waals surface area contributed by atoms with Crippen molar-refractivity contribution in [2.24, 2.45) is 5.92 Å². The lowest BCUT2D eigenvalue weighted by Crippen LogP contribution is -2.47. The zero-order chi connectivity index (χ0) is 13.2. The molecule has 0 bridgehead atoms. The molecule has 2 N–H and O–H groups in total. The number of ether oxygens (including phenoxy) is 1. The second-order valence-electron chi connectivity index (χ2n) is 4.78. The summed E-state index contributed by atoms with van der Waals surface area (Å²) in [5, 5.41) is 0. The monoisotopic (exact) mass is 259 g/mol. The van der Waals surface area contributed by atoms with E-state index in [0.717, 1.165) is 11.4 Å². The van der Waals surface area contributed by atoms with Crippen molar-refractivity contribution in [1.29, 1.82) is 0 Å². The predicted molar refractivity (Wildman–Crippen MR) is 72.3 cm³/mol. The molecular formula is C14H17N3O2. The number of carbonyl (C=O) groups is 1. The van der Waals surface area contributed by atoms with E-state index < -0.39 is 0 Å². The van der Waals surface area contributed by atoms with Gasteiger partial charge in [-0.1, -0.05) is 18.2 Å². The van der Waals surface area contributed by atoms with Crippen LogP contribution in [-0.4, -0.2) is 32.2 Å². The quantitative estimate of drug-likeness (QED) is 0.819. The van der Waals surface area contributed by atoms with Gasteiger partial charge in [-0.3, -0.25) is 4.79 Å². The Hall–Kier alpha value is -1.85. The van der Waals surface area contributed by atoms with Crippen LogP contribution in [0.3, 0.4) is 0 Å². The molecule has 2 aliphatic rings. The van der Waals surface area contributed by atoms with Crippen LogP contribution in [0.1, 0.15) is 0 Å². The molecule has 0 spiro atoms. The van der Waals surface area contributed by atoms with Crippen molar-refractivity contribution in [3.8, 4) is 0 Å². The van der Waals surface area contributed by atoms with Gasteiger partial charge in [0.05, 0.1) is 13.2 Å². The van der Waals surface area contributed by atoms with Crippen molar-refractivity contribution in [2.75, 3.05) is 25.2 Å². The predicted octanol–water partition coefficient (Wildman–Crippen LogP) is 0.656. The number of fused-ring (bicyclic) bond motifs is 1. The number of likely N-dealkylation sites (N-methyl/N-ethyl adjacent to an activating group) is 1. The minimum absolute atomic E-state index is 0.0394. The van der Waals surface area contributed by atoms with E-state index in [0.29, 0.717) is 13.2 Å². The van der Waals surface area contributed by atoms with Crippen LogP contribution in [0.4, 0.5) is 5.69 Å². The number of amides is 1. The van der Waals surface area contributed by atoms with Crippen LogP contribution in [0.15, 0.2) is 42.1 Å². The summed E-state index contributed by atoms with van der Waals surface area (Å²) in [5.74, 6) is 0.116. The van der Waals surface area contributed by atoms with Gasteiger partial charge in [0.15, 0.2) is 0 Å². The van der Waals surface area contributed by atoms with E-state index in [2.05, 4.69) is 10.9 Å². The standard InChI is InChI=1S/C14H17N3O2/c1-17(10-5-3-2-4-6-10)14(18)13-11-9-19-8-7-12(11)15-16-13/h2-7,11,13,15-16H,8-9H2,1H3. The molecule has 5 heteroatoms. The molecule has 3 rings (SSSR count). The number of benzene rings is 1. The summed E-state index contributed by atoms with van der Waals surface area (Å²) in [7, 11) is 1.80. The number of hydrogen-bond donors (Lipinski definition) is 2. The van der Waals surface area contributed by atoms with Crippen LogP contribution in [0.2, 0.25) is 0 Å². The summed E-state index contributed by atoms with van der Waals surface area (Å²) >= 11 is 0. The van der Waals surface area contributed by atoms with Gasteiger partial charge in [0.25, 0.3) is 0 Å². The van der Waals surface area contributed by atoms with Crippen LogP contribution in [0.25, 0.3) is 0 Å². The molecule has 1 aromatic carbocycles. The number of nitrogens with zero attached hydrogens (tertiary/aromatic N) is 1. The van der Waals surface area contributed by atoms with Crippen LogP contribution in [0.5, 0.6) is 0 Å². The molecule has 0 saturated carbocycles. The highest BCUT2D eigenvalue weighted by atomic mass is 16.5. The zero-order valence-electron chi connectivity index (χ0n) is 10.8. The van der Waals surface area contributed by atoms with E-state index in [1.165, 1.54) is 0 Å². The highest BCUT2D eigenvalue weighted by molar-refractivity contribution is 5.97. The molecule has 0 radical (unpaired) electrons. The van der Waals surface area contributed by atoms with E-state index in [1.54, 1.807) is 11.9 Å². The van der Waals surface area contributed by atoms with E-state index in [4.69, 9.17) is 4.74 Å². The minimum Gasteiger partial charge on any atom is -0.377 e. The normalized spacial score (nSPS) is 25.2. The summed E-state index contributed by atoms with van der Waals surface area (Å²) in [5.41, 5.74) is 8.09. The maximum Gasteiger partial charge on any atom is 0.246 e. The maximum atomic E-state index is 12.5. The van der Waals surface area contributed by atoms with E-state index >= 15 is 0 Å². The van der Waals surface area contributed by atoms with Crippen molar-refractivity contribution in [2.45, 2.75) is 6.04 Å². The lowest BCUT2D eigenvalue weighted by Gasteiger charge is -2.25. The van der Waals surface area contributed by atoms with Gasteiger partial charge in [-0.2, -0.15) is 0 Å². The Balaban J connectivity index is 1.77. The summed E-state index contributed by atoms with van der Waals surface area (Å²) in [6, 6.07) is 9.36. The second-order valence-corrected chi connectivity index (χ2v) is 4.78. The number of rotatable bonds is 2. The fraction of sp³-hybridized carbons (Fsp3) is 0.357. The molecule has 100 valence electrons. The Morgan fingerprint density at radius 1 is 1.37 bits per heavy atom. The van der Waals surface area contributed by atoms with Crippen LogP contribution in [-0.2, 0) is 9.53 Å². The molecule has 0 aromatic heterocycles. The Morgan fingerprint density at radius 2 is 2.16 bits per heavy atom. The van der Waals surface area contributed by atoms with Gasteiger partial charge in [-0.05, 0) is 18.2 Å². The zero-order valence-corrected chi connectivity index (χ0v) is 10.8. The number of para-hydroxylation sites is 1. The van der Waals surface area contributed by atoms with Gasteiger partial charge in [-0.25, -0.2) is 5.43 Å². The molecule has 19 heavy (non-hydrogen) atoms. The molecule has 2 atom stereocenters. The fourth-order valence-corrected chi connectivity index (χ4v) is 2.49. The van der Waals surface area contributed by atoms with Gasteiger partial charge >= 0.3 is 0 Å². The number of nitrogens with one attached hydrogen (secondary N) is 2. The molecule has 1 fully saturated rings. The lowest BCUT2D eigenvalue weighted by molar-refractivity contribution is -0.121. The van der Waals surface area contributed by atoms with E-state index in [1.807, 2.05) is 36.4 Å². The first-order valence-electron chi connectivity index (χ1n) is 6.39. The molecule has 0 aliphatic carbocycles. The van der Waals surface area contributed by atoms with Gasteiger partial charge in [0, 0.05) is 24.4 Å². The Bertz CT molecular complexity index is 501. The molecule has 2 heterocycles.